The van der Waals surface area contributed by atoms with Gasteiger partial charge in [-0.05, 0) is 35.7 Å². The lowest BCUT2D eigenvalue weighted by Gasteiger charge is -2.09. The van der Waals surface area contributed by atoms with E-state index in [0.717, 1.165) is 25.0 Å². The molecule has 0 aliphatic heterocycles. The van der Waals surface area contributed by atoms with E-state index in [4.69, 9.17) is 0 Å². The number of nitrogens with zero attached hydrogens (tertiary/aromatic N) is 1. The highest BCUT2D eigenvalue weighted by Gasteiger charge is 2.09. The Morgan fingerprint density at radius 3 is 2.43 bits per heavy atom. The summed E-state index contributed by atoms with van der Waals surface area (Å²) in [5.74, 6) is 0.270. The second-order valence-electron chi connectivity index (χ2n) is 4.48. The van der Waals surface area contributed by atoms with Crippen LogP contribution < -0.4 is 0 Å². The first-order valence-electron chi connectivity index (χ1n) is 6.27. The van der Waals surface area contributed by atoms with E-state index in [-0.39, 0.29) is 5.75 Å². The predicted molar refractivity (Wildman–Crippen MR) is 88.6 cm³/mol. The Morgan fingerprint density at radius 1 is 0.952 bits per heavy atom. The Morgan fingerprint density at radius 2 is 1.67 bits per heavy atom. The van der Waals surface area contributed by atoms with Crippen LogP contribution in [0.25, 0.3) is 10.8 Å². The van der Waals surface area contributed by atoms with E-state index in [1.165, 1.54) is 11.8 Å². The van der Waals surface area contributed by atoms with Gasteiger partial charge < -0.3 is 5.11 Å². The Balaban J connectivity index is 2.11. The van der Waals surface area contributed by atoms with Crippen LogP contribution in [0.1, 0.15) is 5.56 Å². The molecule has 0 unspecified atom stereocenters. The quantitative estimate of drug-likeness (QED) is 0.675. The van der Waals surface area contributed by atoms with E-state index in [1.807, 2.05) is 48.5 Å². The van der Waals surface area contributed by atoms with Crippen molar-refractivity contribution < 1.29 is 5.11 Å². The van der Waals surface area contributed by atoms with Crippen molar-refractivity contribution in [2.45, 2.75) is 9.79 Å². The van der Waals surface area contributed by atoms with E-state index in [1.54, 1.807) is 6.07 Å². The summed E-state index contributed by atoms with van der Waals surface area (Å²) in [7, 11) is 0. The molecule has 1 N–H and O–H groups in total. The molecule has 0 aliphatic carbocycles. The molecule has 21 heavy (non-hydrogen) atoms. The third kappa shape index (κ3) is 2.76. The molecule has 3 rings (SSSR count). The Hall–Kier alpha value is -1.96. The number of halogens is 1. The van der Waals surface area contributed by atoms with Gasteiger partial charge in [0.15, 0.2) is 0 Å². The van der Waals surface area contributed by atoms with Gasteiger partial charge in [0.1, 0.15) is 11.8 Å². The maximum Gasteiger partial charge on any atom is 0.123 e. The van der Waals surface area contributed by atoms with Gasteiger partial charge in [0.25, 0.3) is 0 Å². The van der Waals surface area contributed by atoms with E-state index in [0.29, 0.717) is 5.56 Å². The first-order chi connectivity index (χ1) is 10.2. The average Bonchev–Trinajstić information content (AvgIpc) is 2.52. The molecule has 2 nitrogen and oxygen atoms in total. The number of hydrogen-bond donors (Lipinski definition) is 1. The molecule has 0 fully saturated rings. The van der Waals surface area contributed by atoms with Crippen molar-refractivity contribution in [3.05, 3.63) is 64.6 Å². The minimum atomic E-state index is 0.270. The number of aromatic hydroxyl groups is 1. The summed E-state index contributed by atoms with van der Waals surface area (Å²) in [6.07, 6.45) is 0. The summed E-state index contributed by atoms with van der Waals surface area (Å²) in [5.41, 5.74) is 0.631. The lowest BCUT2D eigenvalue weighted by molar-refractivity contribution is 0.481. The number of rotatable bonds is 2. The Labute approximate surface area is 135 Å². The smallest absolute Gasteiger partial charge is 0.123 e. The molecule has 0 amide bonds. The standard InChI is InChI=1S/C17H10BrNOS/c18-12-5-7-16(11(9-12)10-19)21-17-8-6-15(20)13-3-1-2-4-14(13)17/h1-9,20H. The van der Waals surface area contributed by atoms with Crippen molar-refractivity contribution in [3.8, 4) is 11.8 Å². The highest BCUT2D eigenvalue weighted by molar-refractivity contribution is 9.10. The van der Waals surface area contributed by atoms with Gasteiger partial charge in [-0.1, -0.05) is 52.0 Å². The third-order valence-electron chi connectivity index (χ3n) is 3.14. The zero-order chi connectivity index (χ0) is 14.8. The number of phenols is 1. The van der Waals surface area contributed by atoms with Gasteiger partial charge in [-0.3, -0.25) is 0 Å². The minimum absolute atomic E-state index is 0.270. The second-order valence-corrected chi connectivity index (χ2v) is 6.48. The molecule has 0 heterocycles. The minimum Gasteiger partial charge on any atom is -0.507 e. The fourth-order valence-corrected chi connectivity index (χ4v) is 3.51. The Kier molecular flexibility index (Phi) is 3.87. The summed E-state index contributed by atoms with van der Waals surface area (Å²) in [4.78, 5) is 1.92. The number of fused-ring (bicyclic) bond motifs is 1. The predicted octanol–water partition coefficient (Wildman–Crippen LogP) is 5.33. The van der Waals surface area contributed by atoms with Crippen LogP contribution in [0.4, 0.5) is 0 Å². The molecular formula is C17H10BrNOS. The van der Waals surface area contributed by atoms with E-state index >= 15 is 0 Å². The van der Waals surface area contributed by atoms with E-state index in [2.05, 4.69) is 22.0 Å². The van der Waals surface area contributed by atoms with Gasteiger partial charge in [0, 0.05) is 19.6 Å². The number of nitriles is 1. The molecule has 0 bridgehead atoms. The number of benzene rings is 3. The topological polar surface area (TPSA) is 44.0 Å². The maximum absolute atomic E-state index is 9.93. The molecule has 0 aromatic heterocycles. The molecule has 0 saturated carbocycles. The molecule has 0 radical (unpaired) electrons. The van der Waals surface area contributed by atoms with Gasteiger partial charge in [-0.25, -0.2) is 0 Å². The molecule has 3 aromatic rings. The zero-order valence-electron chi connectivity index (χ0n) is 10.9. The largest absolute Gasteiger partial charge is 0.507 e. The zero-order valence-corrected chi connectivity index (χ0v) is 13.3. The van der Waals surface area contributed by atoms with Crippen LogP contribution in [0, 0.1) is 11.3 Å². The van der Waals surface area contributed by atoms with Gasteiger partial charge in [0.05, 0.1) is 5.56 Å². The SMILES string of the molecule is N#Cc1cc(Br)ccc1Sc1ccc(O)c2ccccc12. The van der Waals surface area contributed by atoms with Crippen molar-refractivity contribution in [1.82, 2.24) is 0 Å². The van der Waals surface area contributed by atoms with Gasteiger partial charge >= 0.3 is 0 Å². The van der Waals surface area contributed by atoms with Crippen molar-refractivity contribution >= 4 is 38.5 Å². The van der Waals surface area contributed by atoms with Crippen molar-refractivity contribution in [3.63, 3.8) is 0 Å². The number of phenolic OH excluding ortho intramolecular Hbond substituents is 1. The van der Waals surface area contributed by atoms with Gasteiger partial charge in [0.2, 0.25) is 0 Å². The molecule has 0 saturated heterocycles. The average molecular weight is 356 g/mol. The molecular weight excluding hydrogens is 346 g/mol. The van der Waals surface area contributed by atoms with Crippen LogP contribution in [0.2, 0.25) is 0 Å². The maximum atomic E-state index is 9.93. The van der Waals surface area contributed by atoms with Crippen LogP contribution >= 0.6 is 27.7 Å². The Bertz CT molecular complexity index is 870. The summed E-state index contributed by atoms with van der Waals surface area (Å²) in [6.45, 7) is 0. The van der Waals surface area contributed by atoms with Crippen molar-refractivity contribution in [2.24, 2.45) is 0 Å². The summed E-state index contributed by atoms with van der Waals surface area (Å²) >= 11 is 4.91. The van der Waals surface area contributed by atoms with Crippen LogP contribution in [0.3, 0.4) is 0 Å². The van der Waals surface area contributed by atoms with Crippen LogP contribution in [0.5, 0.6) is 5.75 Å². The highest BCUT2D eigenvalue weighted by Crippen LogP contribution is 2.38. The highest BCUT2D eigenvalue weighted by atomic mass is 79.9. The molecule has 0 spiro atoms. The molecule has 4 heteroatoms. The van der Waals surface area contributed by atoms with Crippen molar-refractivity contribution in [2.75, 3.05) is 0 Å². The lowest BCUT2D eigenvalue weighted by Crippen LogP contribution is -1.83. The molecule has 0 atom stereocenters. The lowest BCUT2D eigenvalue weighted by atomic mass is 10.1. The first-order valence-corrected chi connectivity index (χ1v) is 7.88. The van der Waals surface area contributed by atoms with Crippen LogP contribution in [-0.4, -0.2) is 5.11 Å². The first kappa shape index (κ1) is 14.0. The fourth-order valence-electron chi connectivity index (χ4n) is 2.14. The van der Waals surface area contributed by atoms with E-state index < -0.39 is 0 Å². The van der Waals surface area contributed by atoms with Crippen LogP contribution in [-0.2, 0) is 0 Å². The fraction of sp³-hybridized carbons (Fsp3) is 0. The molecule has 0 aliphatic rings. The second kappa shape index (κ2) is 5.80. The molecule has 3 aromatic carbocycles. The molecule has 102 valence electrons. The summed E-state index contributed by atoms with van der Waals surface area (Å²) in [5, 5.41) is 21.0. The van der Waals surface area contributed by atoms with Gasteiger partial charge in [-0.2, -0.15) is 5.26 Å². The van der Waals surface area contributed by atoms with Crippen molar-refractivity contribution in [1.29, 1.82) is 5.26 Å². The summed E-state index contributed by atoms with van der Waals surface area (Å²) < 4.78 is 0.888. The van der Waals surface area contributed by atoms with E-state index in [9.17, 15) is 10.4 Å². The summed E-state index contributed by atoms with van der Waals surface area (Å²) in [6, 6.07) is 19.2. The van der Waals surface area contributed by atoms with Gasteiger partial charge in [-0.15, -0.1) is 0 Å². The number of hydrogen-bond acceptors (Lipinski definition) is 3. The van der Waals surface area contributed by atoms with Crippen LogP contribution in [0.15, 0.2) is 68.9 Å². The monoisotopic (exact) mass is 355 g/mol. The third-order valence-corrected chi connectivity index (χ3v) is 4.79. The normalized spacial score (nSPS) is 10.5.